The Balaban J connectivity index is 1.96. The van der Waals surface area contributed by atoms with E-state index in [1.54, 1.807) is 0 Å². The molecule has 8 nitrogen and oxygen atoms in total. The molecule has 2 rings (SSSR count). The van der Waals surface area contributed by atoms with Gasteiger partial charge in [-0.25, -0.2) is 9.18 Å². The van der Waals surface area contributed by atoms with Crippen molar-refractivity contribution in [2.45, 2.75) is 13.0 Å². The van der Waals surface area contributed by atoms with Crippen molar-refractivity contribution in [3.8, 4) is 5.75 Å². The van der Waals surface area contributed by atoms with E-state index < -0.39 is 40.2 Å². The first-order chi connectivity index (χ1) is 13.7. The lowest BCUT2D eigenvalue weighted by Crippen LogP contribution is -2.29. The van der Waals surface area contributed by atoms with E-state index in [1.165, 1.54) is 32.2 Å². The van der Waals surface area contributed by atoms with Gasteiger partial charge in [0.1, 0.15) is 0 Å². The quantitative estimate of drug-likeness (QED) is 0.327. The van der Waals surface area contributed by atoms with Crippen LogP contribution in [0.15, 0.2) is 42.5 Å². The highest BCUT2D eigenvalue weighted by Gasteiger charge is 2.19. The van der Waals surface area contributed by atoms with Gasteiger partial charge in [-0.1, -0.05) is 6.07 Å². The molecule has 0 saturated heterocycles. The number of amides is 1. The van der Waals surface area contributed by atoms with E-state index in [0.717, 1.165) is 30.3 Å². The molecule has 0 spiro atoms. The summed E-state index contributed by atoms with van der Waals surface area (Å²) in [6.07, 6.45) is 1.05. The minimum atomic E-state index is -1.25. The van der Waals surface area contributed by atoms with Crippen molar-refractivity contribution >= 4 is 29.3 Å². The zero-order valence-corrected chi connectivity index (χ0v) is 15.3. The molecule has 0 saturated carbocycles. The van der Waals surface area contributed by atoms with E-state index in [-0.39, 0.29) is 11.4 Å². The van der Waals surface area contributed by atoms with Gasteiger partial charge in [0.2, 0.25) is 5.82 Å². The first-order valence-electron chi connectivity index (χ1n) is 8.18. The molecule has 0 bridgehead atoms. The predicted octanol–water partition coefficient (Wildman–Crippen LogP) is 3.47. The van der Waals surface area contributed by atoms with Gasteiger partial charge >= 0.3 is 11.7 Å². The van der Waals surface area contributed by atoms with E-state index in [4.69, 9.17) is 9.47 Å². The predicted molar refractivity (Wildman–Crippen MR) is 99.2 cm³/mol. The van der Waals surface area contributed by atoms with Crippen molar-refractivity contribution in [2.75, 3.05) is 12.4 Å². The van der Waals surface area contributed by atoms with Crippen molar-refractivity contribution in [1.82, 2.24) is 0 Å². The van der Waals surface area contributed by atoms with Gasteiger partial charge in [-0.2, -0.15) is 4.39 Å². The van der Waals surface area contributed by atoms with Crippen LogP contribution in [0.3, 0.4) is 0 Å². The molecule has 1 amide bonds. The maximum atomic E-state index is 13.6. The average Bonchev–Trinajstić information content (AvgIpc) is 2.67. The first kappa shape index (κ1) is 21.5. The number of hydrogen-bond acceptors (Lipinski definition) is 6. The number of carbonyl (C=O) groups excluding carboxylic acids is 2. The number of anilines is 1. The van der Waals surface area contributed by atoms with Crippen LogP contribution >= 0.6 is 0 Å². The van der Waals surface area contributed by atoms with Gasteiger partial charge < -0.3 is 14.8 Å². The molecule has 0 aromatic heterocycles. The van der Waals surface area contributed by atoms with E-state index >= 15 is 0 Å². The van der Waals surface area contributed by atoms with E-state index in [9.17, 15) is 28.5 Å². The van der Waals surface area contributed by atoms with Gasteiger partial charge in [0.05, 0.1) is 12.0 Å². The van der Waals surface area contributed by atoms with Gasteiger partial charge in [-0.3, -0.25) is 14.9 Å². The number of esters is 1. The Morgan fingerprint density at radius 2 is 1.90 bits per heavy atom. The van der Waals surface area contributed by atoms with Crippen LogP contribution < -0.4 is 10.1 Å². The highest BCUT2D eigenvalue weighted by molar-refractivity contribution is 5.96. The molecule has 29 heavy (non-hydrogen) atoms. The zero-order chi connectivity index (χ0) is 21.6. The summed E-state index contributed by atoms with van der Waals surface area (Å²) in [6, 6.07) is 6.87. The summed E-state index contributed by atoms with van der Waals surface area (Å²) in [4.78, 5) is 33.7. The number of hydrogen-bond donors (Lipinski definition) is 1. The van der Waals surface area contributed by atoms with Crippen LogP contribution in [-0.2, 0) is 14.3 Å². The fourth-order valence-corrected chi connectivity index (χ4v) is 2.19. The molecule has 1 N–H and O–H groups in total. The third-order valence-electron chi connectivity index (χ3n) is 3.66. The largest absolute Gasteiger partial charge is 0.494 e. The molecule has 10 heteroatoms. The summed E-state index contributed by atoms with van der Waals surface area (Å²) in [5.41, 5.74) is -0.465. The summed E-state index contributed by atoms with van der Waals surface area (Å²) in [6.45, 7) is 1.28. The number of halogens is 2. The number of rotatable bonds is 7. The Kier molecular flexibility index (Phi) is 6.96. The number of nitrogens with one attached hydrogen (secondary N) is 1. The summed E-state index contributed by atoms with van der Waals surface area (Å²) in [5, 5.41) is 13.0. The summed E-state index contributed by atoms with van der Waals surface area (Å²) in [5.74, 6) is -3.25. The summed E-state index contributed by atoms with van der Waals surface area (Å²) in [7, 11) is 1.32. The van der Waals surface area contributed by atoms with E-state index in [1.807, 2.05) is 0 Å². The Bertz CT molecular complexity index is 977. The normalized spacial score (nSPS) is 11.7. The standard InChI is InChI=1S/C19H16F2N2O6/c1-11(19(25)22-13-5-6-14(20)16(10-13)23(26)27)29-18(24)8-4-12-3-7-17(28-2)15(21)9-12/h3-11H,1-2H3,(H,22,25)/b8-4+/t11-/m1/s1. The molecule has 152 valence electrons. The highest BCUT2D eigenvalue weighted by Crippen LogP contribution is 2.22. The molecule has 0 aliphatic heterocycles. The van der Waals surface area contributed by atoms with Crippen molar-refractivity contribution in [3.05, 3.63) is 69.8 Å². The molecule has 0 heterocycles. The maximum absolute atomic E-state index is 13.6. The Morgan fingerprint density at radius 1 is 1.17 bits per heavy atom. The third kappa shape index (κ3) is 5.83. The fraction of sp³-hybridized carbons (Fsp3) is 0.158. The Hall–Kier alpha value is -3.82. The van der Waals surface area contributed by atoms with E-state index in [0.29, 0.717) is 5.56 Å². The summed E-state index contributed by atoms with van der Waals surface area (Å²) >= 11 is 0. The molecule has 0 fully saturated rings. The average molecular weight is 406 g/mol. The minimum absolute atomic E-state index is 0.0322. The van der Waals surface area contributed by atoms with Crippen molar-refractivity contribution < 1.29 is 32.8 Å². The van der Waals surface area contributed by atoms with Crippen LogP contribution in [0.1, 0.15) is 12.5 Å². The molecule has 0 aliphatic rings. The van der Waals surface area contributed by atoms with Crippen LogP contribution in [-0.4, -0.2) is 30.0 Å². The van der Waals surface area contributed by atoms with Crippen LogP contribution in [0.4, 0.5) is 20.2 Å². The Morgan fingerprint density at radius 3 is 2.52 bits per heavy atom. The molecular formula is C19H16F2N2O6. The number of ether oxygens (including phenoxy) is 2. The van der Waals surface area contributed by atoms with Crippen LogP contribution in [0.5, 0.6) is 5.75 Å². The number of nitro groups is 1. The number of nitrogens with zero attached hydrogens (tertiary/aromatic N) is 1. The first-order valence-corrected chi connectivity index (χ1v) is 8.18. The number of nitro benzene ring substituents is 1. The number of carbonyl (C=O) groups is 2. The van der Waals surface area contributed by atoms with Crippen molar-refractivity contribution in [2.24, 2.45) is 0 Å². The van der Waals surface area contributed by atoms with Crippen LogP contribution in [0, 0.1) is 21.7 Å². The smallest absolute Gasteiger partial charge is 0.331 e. The van der Waals surface area contributed by atoms with Gasteiger partial charge in [0, 0.05) is 17.8 Å². The second-order valence-electron chi connectivity index (χ2n) is 5.72. The number of methoxy groups -OCH3 is 1. The van der Waals surface area contributed by atoms with Gasteiger partial charge in [0.15, 0.2) is 17.7 Å². The monoisotopic (exact) mass is 406 g/mol. The highest BCUT2D eigenvalue weighted by atomic mass is 19.1. The van der Waals surface area contributed by atoms with Gasteiger partial charge in [0.25, 0.3) is 5.91 Å². The second-order valence-corrected chi connectivity index (χ2v) is 5.72. The molecule has 2 aromatic carbocycles. The maximum Gasteiger partial charge on any atom is 0.331 e. The number of benzene rings is 2. The minimum Gasteiger partial charge on any atom is -0.494 e. The SMILES string of the molecule is COc1ccc(/C=C/C(=O)O[C@H](C)C(=O)Nc2ccc(F)c([N+](=O)[O-])c2)cc1F. The van der Waals surface area contributed by atoms with Gasteiger partial charge in [-0.15, -0.1) is 0 Å². The third-order valence-corrected chi connectivity index (χ3v) is 3.66. The molecule has 0 unspecified atom stereocenters. The van der Waals surface area contributed by atoms with Crippen molar-refractivity contribution in [1.29, 1.82) is 0 Å². The molecule has 1 atom stereocenters. The Labute approximate surface area is 163 Å². The van der Waals surface area contributed by atoms with Crippen LogP contribution in [0.25, 0.3) is 6.08 Å². The molecule has 2 aromatic rings. The topological polar surface area (TPSA) is 108 Å². The lowest BCUT2D eigenvalue weighted by atomic mass is 10.2. The lowest BCUT2D eigenvalue weighted by Gasteiger charge is -2.12. The molecule has 0 aliphatic carbocycles. The second kappa shape index (κ2) is 9.40. The lowest BCUT2D eigenvalue weighted by molar-refractivity contribution is -0.387. The zero-order valence-electron chi connectivity index (χ0n) is 15.3. The molecular weight excluding hydrogens is 390 g/mol. The summed E-state index contributed by atoms with van der Waals surface area (Å²) < 4.78 is 36.6. The van der Waals surface area contributed by atoms with E-state index in [2.05, 4.69) is 5.32 Å². The van der Waals surface area contributed by atoms with Crippen molar-refractivity contribution in [3.63, 3.8) is 0 Å². The van der Waals surface area contributed by atoms with Gasteiger partial charge in [-0.05, 0) is 42.8 Å². The fourth-order valence-electron chi connectivity index (χ4n) is 2.19. The van der Waals surface area contributed by atoms with Crippen LogP contribution in [0.2, 0.25) is 0 Å². The molecule has 0 radical (unpaired) electrons.